The zero-order valence-corrected chi connectivity index (χ0v) is 12.1. The predicted molar refractivity (Wildman–Crippen MR) is 77.3 cm³/mol. The van der Waals surface area contributed by atoms with E-state index in [1.807, 2.05) is 25.1 Å². The normalized spacial score (nSPS) is 24.4. The SMILES string of the molecule is CCOc1ccc(N)cc1CN1C[C@@H](C)O[C@@H](C)C1. The Morgan fingerprint density at radius 1 is 1.32 bits per heavy atom. The summed E-state index contributed by atoms with van der Waals surface area (Å²) in [4.78, 5) is 2.40. The number of anilines is 1. The molecule has 19 heavy (non-hydrogen) atoms. The van der Waals surface area contributed by atoms with E-state index in [2.05, 4.69) is 18.7 Å². The van der Waals surface area contributed by atoms with Gasteiger partial charge in [-0.2, -0.15) is 0 Å². The Kier molecular flexibility index (Phi) is 4.66. The molecule has 0 bridgehead atoms. The molecule has 1 aromatic carbocycles. The van der Waals surface area contributed by atoms with Crippen LogP contribution in [0.25, 0.3) is 0 Å². The van der Waals surface area contributed by atoms with Gasteiger partial charge in [-0.1, -0.05) is 0 Å². The summed E-state index contributed by atoms with van der Waals surface area (Å²) in [5, 5.41) is 0. The van der Waals surface area contributed by atoms with Crippen molar-refractivity contribution in [3.63, 3.8) is 0 Å². The van der Waals surface area contributed by atoms with Gasteiger partial charge in [0.2, 0.25) is 0 Å². The molecule has 0 aromatic heterocycles. The summed E-state index contributed by atoms with van der Waals surface area (Å²) in [5.74, 6) is 0.934. The molecule has 1 aliphatic heterocycles. The van der Waals surface area contributed by atoms with E-state index in [-0.39, 0.29) is 12.2 Å². The van der Waals surface area contributed by atoms with Crippen LogP contribution in [0.3, 0.4) is 0 Å². The van der Waals surface area contributed by atoms with Gasteiger partial charge >= 0.3 is 0 Å². The molecule has 0 unspecified atom stereocenters. The first-order chi connectivity index (χ1) is 9.08. The molecule has 1 heterocycles. The first-order valence-electron chi connectivity index (χ1n) is 6.97. The lowest BCUT2D eigenvalue weighted by Crippen LogP contribution is -2.44. The molecular weight excluding hydrogens is 240 g/mol. The lowest BCUT2D eigenvalue weighted by atomic mass is 10.1. The second kappa shape index (κ2) is 6.26. The Hall–Kier alpha value is -1.26. The maximum atomic E-state index is 5.88. The third-order valence-electron chi connectivity index (χ3n) is 3.27. The summed E-state index contributed by atoms with van der Waals surface area (Å²) < 4.78 is 11.4. The van der Waals surface area contributed by atoms with Crippen LogP contribution >= 0.6 is 0 Å². The highest BCUT2D eigenvalue weighted by atomic mass is 16.5. The zero-order chi connectivity index (χ0) is 13.8. The summed E-state index contributed by atoms with van der Waals surface area (Å²) in [5.41, 5.74) is 7.83. The van der Waals surface area contributed by atoms with E-state index in [0.29, 0.717) is 6.61 Å². The van der Waals surface area contributed by atoms with Crippen LogP contribution in [0.15, 0.2) is 18.2 Å². The molecule has 2 atom stereocenters. The number of nitrogens with two attached hydrogens (primary N) is 1. The number of morpholine rings is 1. The van der Waals surface area contributed by atoms with Crippen molar-refractivity contribution in [2.75, 3.05) is 25.4 Å². The summed E-state index contributed by atoms with van der Waals surface area (Å²) in [6, 6.07) is 5.86. The molecule has 1 fully saturated rings. The van der Waals surface area contributed by atoms with Crippen LogP contribution in [0.4, 0.5) is 5.69 Å². The molecule has 4 nitrogen and oxygen atoms in total. The van der Waals surface area contributed by atoms with Gasteiger partial charge in [-0.05, 0) is 39.0 Å². The fourth-order valence-corrected chi connectivity index (χ4v) is 2.67. The number of hydrogen-bond acceptors (Lipinski definition) is 4. The van der Waals surface area contributed by atoms with E-state index in [4.69, 9.17) is 15.2 Å². The second-order valence-corrected chi connectivity index (χ2v) is 5.25. The molecule has 2 rings (SSSR count). The molecule has 4 heteroatoms. The quantitative estimate of drug-likeness (QED) is 0.848. The number of rotatable bonds is 4. The van der Waals surface area contributed by atoms with Gasteiger partial charge in [0.25, 0.3) is 0 Å². The maximum Gasteiger partial charge on any atom is 0.123 e. The van der Waals surface area contributed by atoms with Gasteiger partial charge < -0.3 is 15.2 Å². The van der Waals surface area contributed by atoms with E-state index < -0.39 is 0 Å². The third kappa shape index (κ3) is 3.85. The topological polar surface area (TPSA) is 47.7 Å². The van der Waals surface area contributed by atoms with Crippen LogP contribution in [0, 0.1) is 0 Å². The monoisotopic (exact) mass is 264 g/mol. The average Bonchev–Trinajstić information content (AvgIpc) is 2.31. The van der Waals surface area contributed by atoms with Gasteiger partial charge in [0, 0.05) is 30.9 Å². The van der Waals surface area contributed by atoms with Crippen LogP contribution in [0.2, 0.25) is 0 Å². The fraction of sp³-hybridized carbons (Fsp3) is 0.600. The minimum Gasteiger partial charge on any atom is -0.494 e. The van der Waals surface area contributed by atoms with Crippen molar-refractivity contribution >= 4 is 5.69 Å². The minimum absolute atomic E-state index is 0.278. The molecule has 2 N–H and O–H groups in total. The van der Waals surface area contributed by atoms with Crippen LogP contribution in [0.1, 0.15) is 26.3 Å². The molecule has 1 saturated heterocycles. The standard InChI is InChI=1S/C15H24N2O2/c1-4-18-15-6-5-14(16)7-13(15)10-17-8-11(2)19-12(3)9-17/h5-7,11-12H,4,8-10,16H2,1-3H3/t11-,12+. The molecule has 1 aliphatic rings. The van der Waals surface area contributed by atoms with E-state index in [1.165, 1.54) is 0 Å². The number of hydrogen-bond donors (Lipinski definition) is 1. The average molecular weight is 264 g/mol. The molecule has 0 radical (unpaired) electrons. The van der Waals surface area contributed by atoms with Gasteiger partial charge in [-0.25, -0.2) is 0 Å². The van der Waals surface area contributed by atoms with E-state index >= 15 is 0 Å². The Morgan fingerprint density at radius 2 is 2.00 bits per heavy atom. The van der Waals surface area contributed by atoms with Crippen molar-refractivity contribution in [2.45, 2.75) is 39.5 Å². The smallest absolute Gasteiger partial charge is 0.123 e. The van der Waals surface area contributed by atoms with Crippen molar-refractivity contribution in [2.24, 2.45) is 0 Å². The van der Waals surface area contributed by atoms with Crippen molar-refractivity contribution in [1.82, 2.24) is 4.90 Å². The van der Waals surface area contributed by atoms with Gasteiger partial charge in [0.15, 0.2) is 0 Å². The number of nitrogen functional groups attached to an aromatic ring is 1. The zero-order valence-electron chi connectivity index (χ0n) is 12.1. The summed E-state index contributed by atoms with van der Waals surface area (Å²) in [6.45, 7) is 9.66. The molecule has 0 saturated carbocycles. The largest absolute Gasteiger partial charge is 0.494 e. The first-order valence-corrected chi connectivity index (χ1v) is 6.97. The third-order valence-corrected chi connectivity index (χ3v) is 3.27. The van der Waals surface area contributed by atoms with Gasteiger partial charge in [-0.3, -0.25) is 4.90 Å². The molecule has 0 aliphatic carbocycles. The van der Waals surface area contributed by atoms with Gasteiger partial charge in [0.05, 0.1) is 18.8 Å². The van der Waals surface area contributed by atoms with E-state index in [0.717, 1.165) is 36.6 Å². The lowest BCUT2D eigenvalue weighted by molar-refractivity contribution is -0.0706. The molecule has 1 aromatic rings. The maximum absolute atomic E-state index is 5.88. The summed E-state index contributed by atoms with van der Waals surface area (Å²) in [7, 11) is 0. The van der Waals surface area contributed by atoms with Crippen molar-refractivity contribution in [3.8, 4) is 5.75 Å². The fourth-order valence-electron chi connectivity index (χ4n) is 2.67. The second-order valence-electron chi connectivity index (χ2n) is 5.25. The highest BCUT2D eigenvalue weighted by molar-refractivity contribution is 5.47. The lowest BCUT2D eigenvalue weighted by Gasteiger charge is -2.35. The van der Waals surface area contributed by atoms with E-state index in [9.17, 15) is 0 Å². The Labute approximate surface area is 115 Å². The molecule has 106 valence electrons. The van der Waals surface area contributed by atoms with E-state index in [1.54, 1.807) is 0 Å². The highest BCUT2D eigenvalue weighted by Crippen LogP contribution is 2.24. The van der Waals surface area contributed by atoms with Crippen molar-refractivity contribution < 1.29 is 9.47 Å². The van der Waals surface area contributed by atoms with Gasteiger partial charge in [-0.15, -0.1) is 0 Å². The summed E-state index contributed by atoms with van der Waals surface area (Å²) >= 11 is 0. The van der Waals surface area contributed by atoms with Crippen LogP contribution in [0.5, 0.6) is 5.75 Å². The van der Waals surface area contributed by atoms with Crippen LogP contribution in [-0.4, -0.2) is 36.8 Å². The minimum atomic E-state index is 0.278. The Bertz CT molecular complexity index is 413. The van der Waals surface area contributed by atoms with Crippen molar-refractivity contribution in [3.05, 3.63) is 23.8 Å². The molecule has 0 spiro atoms. The Balaban J connectivity index is 2.10. The number of nitrogens with zero attached hydrogens (tertiary/aromatic N) is 1. The predicted octanol–water partition coefficient (Wildman–Crippen LogP) is 2.28. The molecular formula is C15H24N2O2. The highest BCUT2D eigenvalue weighted by Gasteiger charge is 2.22. The summed E-state index contributed by atoms with van der Waals surface area (Å²) in [6.07, 6.45) is 0.556. The van der Waals surface area contributed by atoms with Crippen molar-refractivity contribution in [1.29, 1.82) is 0 Å². The Morgan fingerprint density at radius 3 is 2.63 bits per heavy atom. The number of ether oxygens (including phenoxy) is 2. The van der Waals surface area contributed by atoms with Gasteiger partial charge in [0.1, 0.15) is 5.75 Å². The first kappa shape index (κ1) is 14.2. The van der Waals surface area contributed by atoms with Crippen LogP contribution < -0.4 is 10.5 Å². The molecule has 0 amide bonds. The number of benzene rings is 1. The van der Waals surface area contributed by atoms with Crippen LogP contribution in [-0.2, 0) is 11.3 Å².